The Bertz CT molecular complexity index is 169. The summed E-state index contributed by atoms with van der Waals surface area (Å²) in [4.78, 5) is 5.31. The van der Waals surface area contributed by atoms with Crippen molar-refractivity contribution in [3.63, 3.8) is 0 Å². The number of rotatable bonds is 1. The largest absolute Gasteiger partial charge is 0.390 e. The molecule has 0 aliphatic rings. The van der Waals surface area contributed by atoms with Crippen LogP contribution in [-0.4, -0.2) is 11.3 Å². The Morgan fingerprint density at radius 2 is 1.42 bits per heavy atom. The Labute approximate surface area is 76.0 Å². The van der Waals surface area contributed by atoms with Gasteiger partial charge in [-0.1, -0.05) is 25.9 Å². The van der Waals surface area contributed by atoms with Gasteiger partial charge in [0.05, 0.1) is 5.71 Å². The van der Waals surface area contributed by atoms with E-state index >= 15 is 0 Å². The van der Waals surface area contributed by atoms with Crippen LogP contribution in [0, 0.1) is 5.41 Å². The lowest BCUT2D eigenvalue weighted by atomic mass is 9.91. The summed E-state index contributed by atoms with van der Waals surface area (Å²) in [7, 11) is 0. The van der Waals surface area contributed by atoms with Gasteiger partial charge in [0, 0.05) is 5.41 Å². The number of hydrogen-bond acceptors (Lipinski definition) is 2. The van der Waals surface area contributed by atoms with Crippen molar-refractivity contribution < 1.29 is 4.84 Å². The van der Waals surface area contributed by atoms with E-state index in [1.165, 1.54) is 0 Å². The fourth-order valence-electron chi connectivity index (χ4n) is 0.342. The monoisotopic (exact) mass is 171 g/mol. The summed E-state index contributed by atoms with van der Waals surface area (Å²) in [6.45, 7) is 14.3. The van der Waals surface area contributed by atoms with Gasteiger partial charge in [0.2, 0.25) is 0 Å². The molecule has 0 saturated carbocycles. The van der Waals surface area contributed by atoms with E-state index in [1.807, 2.05) is 27.7 Å². The van der Waals surface area contributed by atoms with Gasteiger partial charge in [0.15, 0.2) is 0 Å². The predicted molar refractivity (Wildman–Crippen MR) is 53.4 cm³/mol. The predicted octanol–water partition coefficient (Wildman–Crippen LogP) is 3.22. The SMILES string of the molecule is C/C(=N\OC(C)(C)C)C(C)(C)C. The number of oxime groups is 1. The van der Waals surface area contributed by atoms with Crippen LogP contribution in [0.1, 0.15) is 48.5 Å². The van der Waals surface area contributed by atoms with Crippen LogP contribution in [0.5, 0.6) is 0 Å². The van der Waals surface area contributed by atoms with E-state index in [4.69, 9.17) is 4.84 Å². The fraction of sp³-hybridized carbons (Fsp3) is 0.900. The summed E-state index contributed by atoms with van der Waals surface area (Å²) < 4.78 is 0. The Morgan fingerprint density at radius 1 is 1.00 bits per heavy atom. The van der Waals surface area contributed by atoms with Gasteiger partial charge in [0.25, 0.3) is 0 Å². The van der Waals surface area contributed by atoms with E-state index in [-0.39, 0.29) is 11.0 Å². The van der Waals surface area contributed by atoms with Gasteiger partial charge in [-0.15, -0.1) is 0 Å². The molecule has 2 heteroatoms. The van der Waals surface area contributed by atoms with E-state index in [1.54, 1.807) is 0 Å². The van der Waals surface area contributed by atoms with Gasteiger partial charge in [-0.3, -0.25) is 0 Å². The molecule has 72 valence electrons. The third-order valence-electron chi connectivity index (χ3n) is 1.54. The molecule has 0 unspecified atom stereocenters. The zero-order chi connectivity index (χ0) is 9.99. The molecule has 0 rings (SSSR count). The fourth-order valence-corrected chi connectivity index (χ4v) is 0.342. The minimum atomic E-state index is -0.188. The molecule has 12 heavy (non-hydrogen) atoms. The zero-order valence-electron chi connectivity index (χ0n) is 9.36. The lowest BCUT2D eigenvalue weighted by molar-refractivity contribution is -0.000550. The van der Waals surface area contributed by atoms with Crippen LogP contribution in [0.3, 0.4) is 0 Å². The summed E-state index contributed by atoms with van der Waals surface area (Å²) in [5, 5.41) is 4.08. The molecular formula is C10H21NO. The summed E-state index contributed by atoms with van der Waals surface area (Å²) in [5.74, 6) is 0. The zero-order valence-corrected chi connectivity index (χ0v) is 9.36. The van der Waals surface area contributed by atoms with Crippen molar-refractivity contribution in [2.24, 2.45) is 10.6 Å². The van der Waals surface area contributed by atoms with Crippen molar-refractivity contribution in [2.45, 2.75) is 54.1 Å². The van der Waals surface area contributed by atoms with Gasteiger partial charge < -0.3 is 4.84 Å². The smallest absolute Gasteiger partial charge is 0.129 e. The first-order valence-electron chi connectivity index (χ1n) is 4.36. The maximum Gasteiger partial charge on any atom is 0.129 e. The van der Waals surface area contributed by atoms with E-state index in [0.29, 0.717) is 0 Å². The number of hydrogen-bond donors (Lipinski definition) is 0. The summed E-state index contributed by atoms with van der Waals surface area (Å²) in [5.41, 5.74) is 0.940. The molecular weight excluding hydrogens is 150 g/mol. The minimum absolute atomic E-state index is 0.102. The van der Waals surface area contributed by atoms with Crippen molar-refractivity contribution in [3.8, 4) is 0 Å². The quantitative estimate of drug-likeness (QED) is 0.438. The summed E-state index contributed by atoms with van der Waals surface area (Å²) in [6, 6.07) is 0. The minimum Gasteiger partial charge on any atom is -0.390 e. The molecule has 0 aromatic carbocycles. The molecule has 0 radical (unpaired) electrons. The van der Waals surface area contributed by atoms with Crippen molar-refractivity contribution in [2.75, 3.05) is 0 Å². The van der Waals surface area contributed by atoms with Gasteiger partial charge in [-0.05, 0) is 27.7 Å². The van der Waals surface area contributed by atoms with E-state index in [9.17, 15) is 0 Å². The van der Waals surface area contributed by atoms with Crippen LogP contribution in [-0.2, 0) is 4.84 Å². The van der Waals surface area contributed by atoms with Gasteiger partial charge in [-0.25, -0.2) is 0 Å². The highest BCUT2D eigenvalue weighted by Gasteiger charge is 2.17. The highest BCUT2D eigenvalue weighted by molar-refractivity contribution is 5.86. The molecule has 0 fully saturated rings. The van der Waals surface area contributed by atoms with Gasteiger partial charge in [-0.2, -0.15) is 0 Å². The van der Waals surface area contributed by atoms with Crippen LogP contribution in [0.15, 0.2) is 5.16 Å². The second-order valence-corrected chi connectivity index (χ2v) is 5.13. The lowest BCUT2D eigenvalue weighted by Gasteiger charge is -2.21. The first-order chi connectivity index (χ1) is 5.13. The first-order valence-corrected chi connectivity index (χ1v) is 4.36. The van der Waals surface area contributed by atoms with E-state index < -0.39 is 0 Å². The second kappa shape index (κ2) is 3.46. The molecule has 0 N–H and O–H groups in total. The van der Waals surface area contributed by atoms with Gasteiger partial charge >= 0.3 is 0 Å². The topological polar surface area (TPSA) is 21.6 Å². The third-order valence-corrected chi connectivity index (χ3v) is 1.54. The molecule has 0 amide bonds. The highest BCUT2D eigenvalue weighted by Crippen LogP contribution is 2.17. The maximum atomic E-state index is 5.31. The molecule has 0 atom stereocenters. The Kier molecular flexibility index (Phi) is 3.31. The normalized spacial score (nSPS) is 14.8. The summed E-state index contributed by atoms with van der Waals surface area (Å²) in [6.07, 6.45) is 0. The van der Waals surface area contributed by atoms with Crippen molar-refractivity contribution in [1.29, 1.82) is 0 Å². The highest BCUT2D eigenvalue weighted by atomic mass is 16.6. The van der Waals surface area contributed by atoms with Crippen LogP contribution >= 0.6 is 0 Å². The van der Waals surface area contributed by atoms with Crippen molar-refractivity contribution in [3.05, 3.63) is 0 Å². The molecule has 0 aliphatic heterocycles. The molecule has 0 heterocycles. The Balaban J connectivity index is 4.21. The van der Waals surface area contributed by atoms with Gasteiger partial charge in [0.1, 0.15) is 5.60 Å². The van der Waals surface area contributed by atoms with Crippen LogP contribution in [0.25, 0.3) is 0 Å². The summed E-state index contributed by atoms with van der Waals surface area (Å²) >= 11 is 0. The van der Waals surface area contributed by atoms with E-state index in [0.717, 1.165) is 5.71 Å². The van der Waals surface area contributed by atoms with Crippen LogP contribution < -0.4 is 0 Å². The maximum absolute atomic E-state index is 5.31. The standard InChI is InChI=1S/C10H21NO/c1-8(9(2,3)4)11-12-10(5,6)7/h1-7H3/b11-8+. The molecule has 0 bridgehead atoms. The number of nitrogens with zero attached hydrogens (tertiary/aromatic N) is 1. The Morgan fingerprint density at radius 3 is 1.67 bits per heavy atom. The lowest BCUT2D eigenvalue weighted by Crippen LogP contribution is -2.21. The van der Waals surface area contributed by atoms with Crippen LogP contribution in [0.4, 0.5) is 0 Å². The molecule has 0 aromatic rings. The van der Waals surface area contributed by atoms with Crippen molar-refractivity contribution >= 4 is 5.71 Å². The van der Waals surface area contributed by atoms with Crippen molar-refractivity contribution in [1.82, 2.24) is 0 Å². The third kappa shape index (κ3) is 5.16. The first kappa shape index (κ1) is 11.5. The molecule has 0 aliphatic carbocycles. The second-order valence-electron chi connectivity index (χ2n) is 5.13. The molecule has 0 spiro atoms. The molecule has 0 aromatic heterocycles. The molecule has 0 saturated heterocycles. The molecule has 2 nitrogen and oxygen atoms in total. The average Bonchev–Trinajstić information content (AvgIpc) is 1.78. The Hall–Kier alpha value is -0.530. The average molecular weight is 171 g/mol. The van der Waals surface area contributed by atoms with Crippen LogP contribution in [0.2, 0.25) is 0 Å². The van der Waals surface area contributed by atoms with E-state index in [2.05, 4.69) is 25.9 Å².